The fraction of sp³-hybridized carbons (Fsp3) is 0.211. The Morgan fingerprint density at radius 3 is 2.44 bits per heavy atom. The van der Waals surface area contributed by atoms with Gasteiger partial charge in [0.1, 0.15) is 0 Å². The van der Waals surface area contributed by atoms with E-state index in [0.717, 1.165) is 10.0 Å². The van der Waals surface area contributed by atoms with E-state index in [1.165, 1.54) is 4.90 Å². The van der Waals surface area contributed by atoms with E-state index in [1.54, 1.807) is 24.3 Å². The van der Waals surface area contributed by atoms with E-state index < -0.39 is 0 Å². The minimum absolute atomic E-state index is 0.144. The zero-order chi connectivity index (χ0) is 18.0. The van der Waals surface area contributed by atoms with Gasteiger partial charge in [-0.15, -0.1) is 0 Å². The topological polar surface area (TPSA) is 66.5 Å². The van der Waals surface area contributed by atoms with E-state index in [4.69, 9.17) is 0 Å². The number of hydrogen-bond acceptors (Lipinski definition) is 3. The average Bonchev–Trinajstić information content (AvgIpc) is 2.81. The molecule has 0 unspecified atom stereocenters. The molecular weight excluding hydrogens is 384 g/mol. The van der Waals surface area contributed by atoms with Crippen LogP contribution in [-0.4, -0.2) is 29.2 Å². The lowest BCUT2D eigenvalue weighted by Crippen LogP contribution is -2.31. The Balaban J connectivity index is 1.54. The number of carbonyl (C=O) groups excluding carboxylic acids is 3. The van der Waals surface area contributed by atoms with Crippen molar-refractivity contribution in [3.63, 3.8) is 0 Å². The number of rotatable bonds is 5. The molecule has 0 aliphatic carbocycles. The van der Waals surface area contributed by atoms with Crippen molar-refractivity contribution in [2.45, 2.75) is 19.8 Å². The second kappa shape index (κ2) is 7.19. The normalized spacial score (nSPS) is 13.1. The summed E-state index contributed by atoms with van der Waals surface area (Å²) in [4.78, 5) is 37.9. The molecule has 2 aromatic rings. The number of halogens is 1. The number of anilines is 1. The van der Waals surface area contributed by atoms with Gasteiger partial charge in [0.2, 0.25) is 5.91 Å². The van der Waals surface area contributed by atoms with Crippen molar-refractivity contribution in [2.75, 3.05) is 11.9 Å². The maximum Gasteiger partial charge on any atom is 0.261 e. The Bertz CT molecular complexity index is 846. The smallest absolute Gasteiger partial charge is 0.261 e. The lowest BCUT2D eigenvalue weighted by atomic mass is 10.1. The molecule has 0 radical (unpaired) electrons. The molecule has 1 aliphatic heterocycles. The largest absolute Gasteiger partial charge is 0.326 e. The van der Waals surface area contributed by atoms with E-state index in [2.05, 4.69) is 21.2 Å². The average molecular weight is 401 g/mol. The van der Waals surface area contributed by atoms with E-state index in [-0.39, 0.29) is 30.7 Å². The van der Waals surface area contributed by atoms with Gasteiger partial charge in [0.25, 0.3) is 11.8 Å². The molecule has 1 aliphatic rings. The number of amides is 3. The fourth-order valence-corrected chi connectivity index (χ4v) is 3.03. The van der Waals surface area contributed by atoms with Crippen LogP contribution in [0.25, 0.3) is 0 Å². The molecule has 3 amide bonds. The summed E-state index contributed by atoms with van der Waals surface area (Å²) in [6.07, 6.45) is 0.662. The van der Waals surface area contributed by atoms with Crippen molar-refractivity contribution < 1.29 is 14.4 Å². The Hall–Kier alpha value is -2.47. The number of fused-ring (bicyclic) bond motifs is 1. The van der Waals surface area contributed by atoms with Gasteiger partial charge in [-0.25, -0.2) is 0 Å². The summed E-state index contributed by atoms with van der Waals surface area (Å²) in [6, 6.07) is 12.5. The van der Waals surface area contributed by atoms with Gasteiger partial charge in [-0.2, -0.15) is 0 Å². The monoisotopic (exact) mass is 400 g/mol. The summed E-state index contributed by atoms with van der Waals surface area (Å²) >= 11 is 3.34. The molecule has 0 bridgehead atoms. The molecule has 2 aromatic carbocycles. The standard InChI is InChI=1S/C19H17BrN2O3/c1-12-4-9-15-16(11-12)19(25)22(18(15)24)10-2-3-17(23)21-14-7-5-13(20)6-8-14/h4-9,11H,2-3,10H2,1H3,(H,21,23). The third-order valence-electron chi connectivity index (χ3n) is 4.04. The van der Waals surface area contributed by atoms with E-state index in [1.807, 2.05) is 25.1 Å². The summed E-state index contributed by atoms with van der Waals surface area (Å²) in [5, 5.41) is 2.79. The first-order valence-electron chi connectivity index (χ1n) is 7.98. The lowest BCUT2D eigenvalue weighted by molar-refractivity contribution is -0.116. The summed E-state index contributed by atoms with van der Waals surface area (Å²) in [7, 11) is 0. The molecule has 25 heavy (non-hydrogen) atoms. The highest BCUT2D eigenvalue weighted by atomic mass is 79.9. The zero-order valence-electron chi connectivity index (χ0n) is 13.7. The predicted molar refractivity (Wildman–Crippen MR) is 98.6 cm³/mol. The minimum atomic E-state index is -0.284. The molecule has 128 valence electrons. The number of imide groups is 1. The SMILES string of the molecule is Cc1ccc2c(c1)C(=O)N(CCCC(=O)Nc1ccc(Br)cc1)C2=O. The third-order valence-corrected chi connectivity index (χ3v) is 4.57. The van der Waals surface area contributed by atoms with Crippen LogP contribution < -0.4 is 5.32 Å². The fourth-order valence-electron chi connectivity index (χ4n) is 2.76. The number of nitrogens with zero attached hydrogens (tertiary/aromatic N) is 1. The molecule has 0 aromatic heterocycles. The van der Waals surface area contributed by atoms with Gasteiger partial charge in [-0.3, -0.25) is 19.3 Å². The number of hydrogen-bond donors (Lipinski definition) is 1. The van der Waals surface area contributed by atoms with Crippen LogP contribution in [0.3, 0.4) is 0 Å². The first-order chi connectivity index (χ1) is 12.0. The van der Waals surface area contributed by atoms with E-state index >= 15 is 0 Å². The zero-order valence-corrected chi connectivity index (χ0v) is 15.3. The van der Waals surface area contributed by atoms with Crippen LogP contribution in [0.2, 0.25) is 0 Å². The van der Waals surface area contributed by atoms with Crippen molar-refractivity contribution in [3.8, 4) is 0 Å². The van der Waals surface area contributed by atoms with Crippen LogP contribution in [0.5, 0.6) is 0 Å². The van der Waals surface area contributed by atoms with Gasteiger partial charge in [0.05, 0.1) is 11.1 Å². The maximum absolute atomic E-state index is 12.4. The van der Waals surface area contributed by atoms with Crippen LogP contribution in [0, 0.1) is 6.92 Å². The lowest BCUT2D eigenvalue weighted by Gasteiger charge is -2.13. The van der Waals surface area contributed by atoms with Crippen molar-refractivity contribution in [1.82, 2.24) is 4.90 Å². The van der Waals surface area contributed by atoms with Gasteiger partial charge in [0, 0.05) is 23.1 Å². The summed E-state index contributed by atoms with van der Waals surface area (Å²) < 4.78 is 0.936. The first kappa shape index (κ1) is 17.4. The van der Waals surface area contributed by atoms with Crippen LogP contribution in [0.1, 0.15) is 39.1 Å². The third kappa shape index (κ3) is 3.79. The number of nitrogens with one attached hydrogen (secondary N) is 1. The molecule has 1 heterocycles. The highest BCUT2D eigenvalue weighted by Gasteiger charge is 2.34. The van der Waals surface area contributed by atoms with Crippen LogP contribution in [0.4, 0.5) is 5.69 Å². The minimum Gasteiger partial charge on any atom is -0.326 e. The second-order valence-electron chi connectivity index (χ2n) is 5.97. The van der Waals surface area contributed by atoms with Gasteiger partial charge >= 0.3 is 0 Å². The van der Waals surface area contributed by atoms with Crippen molar-refractivity contribution in [2.24, 2.45) is 0 Å². The van der Waals surface area contributed by atoms with Gasteiger partial charge in [0.15, 0.2) is 0 Å². The molecule has 5 nitrogen and oxygen atoms in total. The van der Waals surface area contributed by atoms with Crippen LogP contribution in [-0.2, 0) is 4.79 Å². The molecule has 0 atom stereocenters. The summed E-state index contributed by atoms with van der Waals surface area (Å²) in [5.41, 5.74) is 2.54. The summed E-state index contributed by atoms with van der Waals surface area (Å²) in [5.74, 6) is -0.708. The van der Waals surface area contributed by atoms with Gasteiger partial charge in [-0.05, 0) is 49.7 Å². The molecule has 0 saturated heterocycles. The first-order valence-corrected chi connectivity index (χ1v) is 8.77. The molecule has 6 heteroatoms. The Labute approximate surface area is 154 Å². The quantitative estimate of drug-likeness (QED) is 0.776. The maximum atomic E-state index is 12.4. The van der Waals surface area contributed by atoms with Crippen molar-refractivity contribution in [3.05, 3.63) is 63.6 Å². The predicted octanol–water partition coefficient (Wildman–Crippen LogP) is 3.77. The second-order valence-corrected chi connectivity index (χ2v) is 6.89. The van der Waals surface area contributed by atoms with E-state index in [9.17, 15) is 14.4 Å². The molecule has 0 spiro atoms. The Kier molecular flexibility index (Phi) is 4.99. The van der Waals surface area contributed by atoms with Crippen molar-refractivity contribution >= 4 is 39.3 Å². The highest BCUT2D eigenvalue weighted by Crippen LogP contribution is 2.24. The van der Waals surface area contributed by atoms with Gasteiger partial charge in [-0.1, -0.05) is 27.6 Å². The molecule has 0 saturated carbocycles. The van der Waals surface area contributed by atoms with Crippen molar-refractivity contribution in [1.29, 1.82) is 0 Å². The van der Waals surface area contributed by atoms with Gasteiger partial charge < -0.3 is 5.32 Å². The number of benzene rings is 2. The Morgan fingerprint density at radius 2 is 1.72 bits per heavy atom. The highest BCUT2D eigenvalue weighted by molar-refractivity contribution is 9.10. The van der Waals surface area contributed by atoms with Crippen LogP contribution in [0.15, 0.2) is 46.9 Å². The van der Waals surface area contributed by atoms with Crippen LogP contribution >= 0.6 is 15.9 Å². The Morgan fingerprint density at radius 1 is 1.04 bits per heavy atom. The number of aryl methyl sites for hydroxylation is 1. The number of carbonyl (C=O) groups is 3. The van der Waals surface area contributed by atoms with E-state index in [0.29, 0.717) is 23.2 Å². The molecule has 1 N–H and O–H groups in total. The molecular formula is C19H17BrN2O3. The molecule has 0 fully saturated rings. The summed E-state index contributed by atoms with van der Waals surface area (Å²) in [6.45, 7) is 2.12. The molecule has 3 rings (SSSR count).